The van der Waals surface area contributed by atoms with Crippen molar-refractivity contribution in [2.75, 3.05) is 32.0 Å². The number of guanidine groups is 1. The Morgan fingerprint density at radius 2 is 1.80 bits per heavy atom. The lowest BCUT2D eigenvalue weighted by Crippen LogP contribution is -2.39. The van der Waals surface area contributed by atoms with E-state index in [0.29, 0.717) is 0 Å². The van der Waals surface area contributed by atoms with Crippen molar-refractivity contribution in [3.8, 4) is 0 Å². The average Bonchev–Trinajstić information content (AvgIpc) is 2.92. The number of para-hydroxylation sites is 1. The molecule has 0 atom stereocenters. The standard InChI is InChI=1S/C18H27N5S.HI/c1-14-15(2)24-17(23-14)10-13-22-18(19-3)21-12-7-11-20-16-8-5-4-6-9-16;/h4-6,8-9,20H,7,10-13H2,1-3H3,(H2,19,21,22);1H. The lowest BCUT2D eigenvalue weighted by molar-refractivity contribution is 0.756. The molecule has 0 amide bonds. The number of aryl methyl sites for hydroxylation is 2. The van der Waals surface area contributed by atoms with Gasteiger partial charge in [-0.15, -0.1) is 35.3 Å². The zero-order chi connectivity index (χ0) is 17.2. The first-order chi connectivity index (χ1) is 11.7. The number of benzene rings is 1. The van der Waals surface area contributed by atoms with Gasteiger partial charge in [0, 0.05) is 43.7 Å². The highest BCUT2D eigenvalue weighted by Crippen LogP contribution is 2.16. The number of aliphatic imine (C=N–C) groups is 1. The maximum atomic E-state index is 4.56. The second-order valence-electron chi connectivity index (χ2n) is 5.57. The molecule has 25 heavy (non-hydrogen) atoms. The molecular formula is C18H28IN5S. The summed E-state index contributed by atoms with van der Waals surface area (Å²) in [7, 11) is 1.80. The van der Waals surface area contributed by atoms with E-state index in [4.69, 9.17) is 0 Å². The molecule has 2 rings (SSSR count). The first-order valence-electron chi connectivity index (χ1n) is 8.35. The fourth-order valence-corrected chi connectivity index (χ4v) is 3.17. The molecule has 3 N–H and O–H groups in total. The van der Waals surface area contributed by atoms with E-state index < -0.39 is 0 Å². The zero-order valence-electron chi connectivity index (χ0n) is 15.1. The fourth-order valence-electron chi connectivity index (χ4n) is 2.24. The lowest BCUT2D eigenvalue weighted by atomic mass is 10.3. The molecule has 0 aliphatic rings. The van der Waals surface area contributed by atoms with Crippen molar-refractivity contribution in [1.29, 1.82) is 0 Å². The van der Waals surface area contributed by atoms with Crippen LogP contribution in [0, 0.1) is 13.8 Å². The molecule has 1 aromatic heterocycles. The fraction of sp³-hybridized carbons (Fsp3) is 0.444. The Hall–Kier alpha value is -1.35. The second-order valence-corrected chi connectivity index (χ2v) is 6.86. The Labute approximate surface area is 171 Å². The van der Waals surface area contributed by atoms with Crippen LogP contribution in [-0.2, 0) is 6.42 Å². The van der Waals surface area contributed by atoms with E-state index in [9.17, 15) is 0 Å². The Bertz CT molecular complexity index is 623. The Kier molecular flexibility index (Phi) is 10.5. The molecule has 0 unspecified atom stereocenters. The average molecular weight is 473 g/mol. The number of hydrogen-bond acceptors (Lipinski definition) is 4. The third-order valence-electron chi connectivity index (χ3n) is 3.68. The summed E-state index contributed by atoms with van der Waals surface area (Å²) in [6, 6.07) is 10.3. The molecule has 5 nitrogen and oxygen atoms in total. The number of hydrogen-bond donors (Lipinski definition) is 3. The summed E-state index contributed by atoms with van der Waals surface area (Å²) >= 11 is 1.78. The summed E-state index contributed by atoms with van der Waals surface area (Å²) < 4.78 is 0. The van der Waals surface area contributed by atoms with Crippen molar-refractivity contribution in [3.05, 3.63) is 45.9 Å². The van der Waals surface area contributed by atoms with Gasteiger partial charge in [-0.05, 0) is 32.4 Å². The van der Waals surface area contributed by atoms with E-state index in [1.54, 1.807) is 18.4 Å². The molecule has 0 bridgehead atoms. The smallest absolute Gasteiger partial charge is 0.190 e. The van der Waals surface area contributed by atoms with Crippen molar-refractivity contribution >= 4 is 47.0 Å². The maximum absolute atomic E-state index is 4.56. The molecular weight excluding hydrogens is 445 g/mol. The molecule has 0 radical (unpaired) electrons. The van der Waals surface area contributed by atoms with Gasteiger partial charge in [-0.25, -0.2) is 4.98 Å². The number of halogens is 1. The molecule has 0 saturated carbocycles. The van der Waals surface area contributed by atoms with Gasteiger partial charge in [0.05, 0.1) is 10.7 Å². The highest BCUT2D eigenvalue weighted by molar-refractivity contribution is 14.0. The SMILES string of the molecule is CN=C(NCCCNc1ccccc1)NCCc1nc(C)c(C)s1.I. The van der Waals surface area contributed by atoms with Gasteiger partial charge in [0.15, 0.2) is 5.96 Å². The summed E-state index contributed by atoms with van der Waals surface area (Å²) in [5.41, 5.74) is 2.30. The molecule has 1 heterocycles. The van der Waals surface area contributed by atoms with Gasteiger partial charge in [-0.3, -0.25) is 4.99 Å². The minimum atomic E-state index is 0. The summed E-state index contributed by atoms with van der Waals surface area (Å²) in [5, 5.41) is 11.3. The number of rotatable bonds is 8. The Balaban J connectivity index is 0.00000312. The van der Waals surface area contributed by atoms with Crippen molar-refractivity contribution in [2.24, 2.45) is 4.99 Å². The number of anilines is 1. The van der Waals surface area contributed by atoms with Crippen LogP contribution in [-0.4, -0.2) is 37.6 Å². The van der Waals surface area contributed by atoms with Crippen molar-refractivity contribution in [3.63, 3.8) is 0 Å². The molecule has 0 fully saturated rings. The van der Waals surface area contributed by atoms with Crippen molar-refractivity contribution < 1.29 is 0 Å². The summed E-state index contributed by atoms with van der Waals surface area (Å²) in [5.74, 6) is 0.847. The van der Waals surface area contributed by atoms with E-state index in [1.807, 2.05) is 18.2 Å². The minimum Gasteiger partial charge on any atom is -0.385 e. The van der Waals surface area contributed by atoms with E-state index in [1.165, 1.54) is 9.88 Å². The normalized spacial score (nSPS) is 10.9. The largest absolute Gasteiger partial charge is 0.385 e. The Morgan fingerprint density at radius 1 is 1.08 bits per heavy atom. The quantitative estimate of drug-likeness (QED) is 0.237. The van der Waals surface area contributed by atoms with Crippen molar-refractivity contribution in [2.45, 2.75) is 26.7 Å². The summed E-state index contributed by atoms with van der Waals surface area (Å²) in [4.78, 5) is 10.1. The van der Waals surface area contributed by atoms with Crippen molar-refractivity contribution in [1.82, 2.24) is 15.6 Å². The van der Waals surface area contributed by atoms with E-state index >= 15 is 0 Å². The maximum Gasteiger partial charge on any atom is 0.190 e. The zero-order valence-corrected chi connectivity index (χ0v) is 18.3. The van der Waals surface area contributed by atoms with Crippen LogP contribution >= 0.6 is 35.3 Å². The van der Waals surface area contributed by atoms with Crippen LogP contribution in [0.2, 0.25) is 0 Å². The third kappa shape index (κ3) is 8.04. The van der Waals surface area contributed by atoms with Crippen LogP contribution in [0.5, 0.6) is 0 Å². The summed E-state index contributed by atoms with van der Waals surface area (Å²) in [6.07, 6.45) is 1.95. The lowest BCUT2D eigenvalue weighted by Gasteiger charge is -2.12. The van der Waals surface area contributed by atoms with Gasteiger partial charge in [0.1, 0.15) is 0 Å². The highest BCUT2D eigenvalue weighted by Gasteiger charge is 2.04. The molecule has 0 saturated heterocycles. The number of nitrogens with one attached hydrogen (secondary N) is 3. The monoisotopic (exact) mass is 473 g/mol. The van der Waals surface area contributed by atoms with Crippen LogP contribution in [0.15, 0.2) is 35.3 Å². The first kappa shape index (κ1) is 21.7. The molecule has 2 aromatic rings. The van der Waals surface area contributed by atoms with Crippen LogP contribution in [0.25, 0.3) is 0 Å². The highest BCUT2D eigenvalue weighted by atomic mass is 127. The predicted octanol–water partition coefficient (Wildman–Crippen LogP) is 3.59. The predicted molar refractivity (Wildman–Crippen MR) is 120 cm³/mol. The molecule has 0 aliphatic heterocycles. The molecule has 138 valence electrons. The van der Waals surface area contributed by atoms with Crippen LogP contribution in [0.1, 0.15) is 22.0 Å². The van der Waals surface area contributed by atoms with Crippen LogP contribution in [0.4, 0.5) is 5.69 Å². The third-order valence-corrected chi connectivity index (χ3v) is 4.81. The van der Waals surface area contributed by atoms with E-state index in [0.717, 1.165) is 49.8 Å². The van der Waals surface area contributed by atoms with Gasteiger partial charge in [-0.1, -0.05) is 18.2 Å². The summed E-state index contributed by atoms with van der Waals surface area (Å²) in [6.45, 7) is 6.84. The van der Waals surface area contributed by atoms with E-state index in [2.05, 4.69) is 51.9 Å². The molecule has 0 aliphatic carbocycles. The Morgan fingerprint density at radius 3 is 2.44 bits per heavy atom. The van der Waals surface area contributed by atoms with Gasteiger partial charge in [0.2, 0.25) is 0 Å². The molecule has 1 aromatic carbocycles. The van der Waals surface area contributed by atoms with Gasteiger partial charge < -0.3 is 16.0 Å². The topological polar surface area (TPSA) is 61.3 Å². The van der Waals surface area contributed by atoms with Gasteiger partial charge >= 0.3 is 0 Å². The van der Waals surface area contributed by atoms with Crippen LogP contribution in [0.3, 0.4) is 0 Å². The van der Waals surface area contributed by atoms with Gasteiger partial charge in [0.25, 0.3) is 0 Å². The second kappa shape index (κ2) is 12.1. The number of aromatic nitrogens is 1. The van der Waals surface area contributed by atoms with Crippen LogP contribution < -0.4 is 16.0 Å². The minimum absolute atomic E-state index is 0. The molecule has 0 spiro atoms. The van der Waals surface area contributed by atoms with E-state index in [-0.39, 0.29) is 24.0 Å². The van der Waals surface area contributed by atoms with Gasteiger partial charge in [-0.2, -0.15) is 0 Å². The molecule has 7 heteroatoms. The number of thiazole rings is 1. The first-order valence-corrected chi connectivity index (χ1v) is 9.17. The number of nitrogens with zero attached hydrogens (tertiary/aromatic N) is 2.